The molecule has 0 N–H and O–H groups in total. The highest BCUT2D eigenvalue weighted by Crippen LogP contribution is 2.43. The molecule has 2 aromatic rings. The summed E-state index contributed by atoms with van der Waals surface area (Å²) in [5.74, 6) is 2.20. The van der Waals surface area contributed by atoms with Gasteiger partial charge >= 0.3 is 0 Å². The molecule has 1 aliphatic carbocycles. The van der Waals surface area contributed by atoms with E-state index in [4.69, 9.17) is 9.47 Å². The molecule has 1 aliphatic heterocycles. The molecule has 1 heterocycles. The minimum atomic E-state index is -0.321. The first-order valence-electron chi connectivity index (χ1n) is 12.9. The van der Waals surface area contributed by atoms with E-state index in [-0.39, 0.29) is 24.2 Å². The summed E-state index contributed by atoms with van der Waals surface area (Å²) in [5.41, 5.74) is 2.43. The maximum Gasteiger partial charge on any atom is 0.260 e. The van der Waals surface area contributed by atoms with Crippen LogP contribution in [0, 0.1) is 11.7 Å². The first-order valence-corrected chi connectivity index (χ1v) is 12.9. The van der Waals surface area contributed by atoms with E-state index in [0.717, 1.165) is 24.8 Å². The van der Waals surface area contributed by atoms with Gasteiger partial charge in [-0.1, -0.05) is 25.1 Å². The molecule has 3 atom stereocenters. The highest BCUT2D eigenvalue weighted by molar-refractivity contribution is 5.78. The monoisotopic (exact) mass is 496 g/mol. The fourth-order valence-corrected chi connectivity index (χ4v) is 5.55. The van der Waals surface area contributed by atoms with E-state index in [2.05, 4.69) is 19.1 Å². The second-order valence-corrected chi connectivity index (χ2v) is 10.2. The highest BCUT2D eigenvalue weighted by Gasteiger charge is 2.28. The zero-order valence-electron chi connectivity index (χ0n) is 21.5. The third-order valence-corrected chi connectivity index (χ3v) is 7.76. The third kappa shape index (κ3) is 6.37. The van der Waals surface area contributed by atoms with Crippen molar-refractivity contribution >= 4 is 11.8 Å². The molecule has 0 aromatic heterocycles. The summed E-state index contributed by atoms with van der Waals surface area (Å²) in [7, 11) is 1.50. The van der Waals surface area contributed by atoms with Crippen LogP contribution in [0.3, 0.4) is 0 Å². The Kier molecular flexibility index (Phi) is 8.49. The van der Waals surface area contributed by atoms with Crippen molar-refractivity contribution in [2.75, 3.05) is 39.9 Å². The number of hydrogen-bond donors (Lipinski definition) is 0. The summed E-state index contributed by atoms with van der Waals surface area (Å²) in [5, 5.41) is 0. The Bertz CT molecular complexity index is 1050. The molecule has 2 aromatic carbocycles. The van der Waals surface area contributed by atoms with Gasteiger partial charge in [-0.15, -0.1) is 0 Å². The number of carbonyl (C=O) groups excluding carboxylic acids is 2. The average Bonchev–Trinajstić information content (AvgIpc) is 3.36. The summed E-state index contributed by atoms with van der Waals surface area (Å²) in [6, 6.07) is 13.3. The van der Waals surface area contributed by atoms with Gasteiger partial charge in [0.05, 0.1) is 7.11 Å². The van der Waals surface area contributed by atoms with E-state index in [1.54, 1.807) is 16.7 Å². The Balaban J connectivity index is 1.23. The summed E-state index contributed by atoms with van der Waals surface area (Å²) in [6.07, 6.45) is 4.58. The van der Waals surface area contributed by atoms with Crippen molar-refractivity contribution in [3.63, 3.8) is 0 Å². The Morgan fingerprint density at radius 2 is 1.72 bits per heavy atom. The quantitative estimate of drug-likeness (QED) is 0.517. The van der Waals surface area contributed by atoms with E-state index in [1.165, 1.54) is 25.2 Å². The SMILES string of the molecule is COc1cc([C@@H](C)C[C@H]2CC[C@@H](c3ccc(OCC(=O)N4CCN(C(C)=O)CC4)cc3)C2)ccc1F. The number of hydrogen-bond acceptors (Lipinski definition) is 4. The molecule has 194 valence electrons. The Morgan fingerprint density at radius 3 is 2.39 bits per heavy atom. The topological polar surface area (TPSA) is 59.1 Å². The molecule has 4 rings (SSSR count). The maximum absolute atomic E-state index is 13.8. The van der Waals surface area contributed by atoms with Crippen molar-refractivity contribution in [1.29, 1.82) is 0 Å². The minimum absolute atomic E-state index is 0.0109. The van der Waals surface area contributed by atoms with Gasteiger partial charge in [0, 0.05) is 33.1 Å². The van der Waals surface area contributed by atoms with Crippen molar-refractivity contribution in [3.8, 4) is 11.5 Å². The van der Waals surface area contributed by atoms with Crippen LogP contribution in [0.15, 0.2) is 42.5 Å². The normalized spacial score (nSPS) is 20.8. The van der Waals surface area contributed by atoms with E-state index in [1.807, 2.05) is 24.3 Å². The molecule has 0 unspecified atom stereocenters. The van der Waals surface area contributed by atoms with Gasteiger partial charge in [0.1, 0.15) is 5.75 Å². The lowest BCUT2D eigenvalue weighted by molar-refractivity contribution is -0.139. The molecule has 36 heavy (non-hydrogen) atoms. The number of amides is 2. The van der Waals surface area contributed by atoms with E-state index in [9.17, 15) is 14.0 Å². The second kappa shape index (κ2) is 11.8. The Morgan fingerprint density at radius 1 is 1.03 bits per heavy atom. The molecule has 0 radical (unpaired) electrons. The zero-order valence-corrected chi connectivity index (χ0v) is 21.5. The van der Waals surface area contributed by atoms with Crippen molar-refractivity contribution < 1.29 is 23.5 Å². The number of rotatable bonds is 8. The van der Waals surface area contributed by atoms with Crippen LogP contribution in [0.2, 0.25) is 0 Å². The first kappa shape index (κ1) is 26.0. The van der Waals surface area contributed by atoms with Crippen molar-refractivity contribution in [2.24, 2.45) is 5.92 Å². The standard InChI is InChI=1S/C29H37FN2O4/c1-20(24-8-11-27(30)28(18-24)35-3)16-22-4-5-25(17-22)23-6-9-26(10-7-23)36-19-29(34)32-14-12-31(13-15-32)21(2)33/h6-11,18,20,22,25H,4-5,12-17,19H2,1-3H3/t20-,22+,25+/m0/s1. The van der Waals surface area contributed by atoms with Crippen LogP contribution in [0.4, 0.5) is 4.39 Å². The second-order valence-electron chi connectivity index (χ2n) is 10.2. The molecule has 6 nitrogen and oxygen atoms in total. The number of benzene rings is 2. The smallest absolute Gasteiger partial charge is 0.260 e. The molecular formula is C29H37FN2O4. The van der Waals surface area contributed by atoms with Gasteiger partial charge in [0.2, 0.25) is 5.91 Å². The molecule has 2 fully saturated rings. The van der Waals surface area contributed by atoms with Crippen LogP contribution in [0.5, 0.6) is 11.5 Å². The fourth-order valence-electron chi connectivity index (χ4n) is 5.55. The molecule has 2 aliphatic rings. The van der Waals surface area contributed by atoms with Gasteiger partial charge in [0.15, 0.2) is 18.2 Å². The van der Waals surface area contributed by atoms with Crippen molar-refractivity contribution in [2.45, 2.75) is 51.4 Å². The van der Waals surface area contributed by atoms with Gasteiger partial charge in [0.25, 0.3) is 5.91 Å². The van der Waals surface area contributed by atoms with Crippen LogP contribution in [-0.4, -0.2) is 61.5 Å². The number of carbonyl (C=O) groups is 2. The molecular weight excluding hydrogens is 459 g/mol. The van der Waals surface area contributed by atoms with Gasteiger partial charge in [-0.05, 0) is 78.8 Å². The van der Waals surface area contributed by atoms with Crippen molar-refractivity contribution in [1.82, 2.24) is 9.80 Å². The van der Waals surface area contributed by atoms with E-state index in [0.29, 0.717) is 55.4 Å². The molecule has 2 amide bonds. The Labute approximate surface area is 213 Å². The number of methoxy groups -OCH3 is 1. The number of halogens is 1. The van der Waals surface area contributed by atoms with E-state index >= 15 is 0 Å². The summed E-state index contributed by atoms with van der Waals surface area (Å²) in [4.78, 5) is 27.4. The van der Waals surface area contributed by atoms with Gasteiger partial charge in [-0.2, -0.15) is 0 Å². The summed E-state index contributed by atoms with van der Waals surface area (Å²) >= 11 is 0. The van der Waals surface area contributed by atoms with Crippen LogP contribution in [0.1, 0.15) is 62.5 Å². The van der Waals surface area contributed by atoms with E-state index < -0.39 is 0 Å². The van der Waals surface area contributed by atoms with Crippen LogP contribution >= 0.6 is 0 Å². The van der Waals surface area contributed by atoms with Gasteiger partial charge in [-0.3, -0.25) is 9.59 Å². The van der Waals surface area contributed by atoms with Crippen LogP contribution in [0.25, 0.3) is 0 Å². The molecule has 7 heteroatoms. The maximum atomic E-state index is 13.8. The van der Waals surface area contributed by atoms with Crippen LogP contribution < -0.4 is 9.47 Å². The third-order valence-electron chi connectivity index (χ3n) is 7.76. The van der Waals surface area contributed by atoms with Crippen molar-refractivity contribution in [3.05, 3.63) is 59.4 Å². The van der Waals surface area contributed by atoms with Gasteiger partial charge in [-0.25, -0.2) is 4.39 Å². The molecule has 1 saturated heterocycles. The predicted molar refractivity (Wildman–Crippen MR) is 137 cm³/mol. The zero-order chi connectivity index (χ0) is 25.7. The molecule has 0 spiro atoms. The lowest BCUT2D eigenvalue weighted by atomic mass is 9.88. The number of piperazine rings is 1. The lowest BCUT2D eigenvalue weighted by Gasteiger charge is -2.34. The summed E-state index contributed by atoms with van der Waals surface area (Å²) < 4.78 is 24.6. The summed E-state index contributed by atoms with van der Waals surface area (Å²) in [6.45, 7) is 6.04. The highest BCUT2D eigenvalue weighted by atomic mass is 19.1. The number of nitrogens with zero attached hydrogens (tertiary/aromatic N) is 2. The Hall–Kier alpha value is -3.09. The average molecular weight is 497 g/mol. The predicted octanol–water partition coefficient (Wildman–Crippen LogP) is 4.98. The minimum Gasteiger partial charge on any atom is -0.494 e. The molecule has 1 saturated carbocycles. The largest absolute Gasteiger partial charge is 0.494 e. The fraction of sp³-hybridized carbons (Fsp3) is 0.517. The van der Waals surface area contributed by atoms with Gasteiger partial charge < -0.3 is 19.3 Å². The number of ether oxygens (including phenoxy) is 2. The first-order chi connectivity index (χ1) is 17.3. The molecule has 0 bridgehead atoms. The van der Waals surface area contributed by atoms with Crippen LogP contribution in [-0.2, 0) is 9.59 Å². The lowest BCUT2D eigenvalue weighted by Crippen LogP contribution is -2.51.